The molecule has 3 nitrogen and oxygen atoms in total. The summed E-state index contributed by atoms with van der Waals surface area (Å²) in [6.45, 7) is 1.85. The van der Waals surface area contributed by atoms with Crippen molar-refractivity contribution in [2.24, 2.45) is 5.73 Å². The number of benzene rings is 1. The second kappa shape index (κ2) is 3.76. The normalized spacial score (nSPS) is 9.42. The first-order valence-corrected chi connectivity index (χ1v) is 3.67. The van der Waals surface area contributed by atoms with Gasteiger partial charge in [-0.1, -0.05) is 18.2 Å². The molecule has 0 aliphatic carbocycles. The molecule has 0 unspecified atom stereocenters. The Labute approximate surface area is 71.1 Å². The van der Waals surface area contributed by atoms with Crippen LogP contribution >= 0.6 is 0 Å². The fourth-order valence-electron chi connectivity index (χ4n) is 0.867. The van der Waals surface area contributed by atoms with Crippen molar-refractivity contribution in [3.05, 3.63) is 29.8 Å². The molecule has 0 spiro atoms. The molecule has 12 heavy (non-hydrogen) atoms. The summed E-state index contributed by atoms with van der Waals surface area (Å²) in [6.07, 6.45) is 0. The summed E-state index contributed by atoms with van der Waals surface area (Å²) in [5, 5.41) is 0. The molecule has 1 rings (SSSR count). The molecule has 0 saturated heterocycles. The van der Waals surface area contributed by atoms with Crippen molar-refractivity contribution in [1.82, 2.24) is 0 Å². The maximum atomic E-state index is 10.4. The van der Waals surface area contributed by atoms with Gasteiger partial charge in [0.15, 0.2) is 6.61 Å². The van der Waals surface area contributed by atoms with Crippen LogP contribution in [0.5, 0.6) is 5.75 Å². The van der Waals surface area contributed by atoms with Crippen LogP contribution in [0.3, 0.4) is 0 Å². The van der Waals surface area contributed by atoms with Crippen LogP contribution in [0, 0.1) is 6.92 Å². The molecular weight excluding hydrogens is 154 g/mol. The highest BCUT2D eigenvalue weighted by Gasteiger charge is 1.98. The molecule has 0 atom stereocenters. The number of carbonyl (C=O) groups is 1. The third-order valence-corrected chi connectivity index (χ3v) is 1.46. The van der Waals surface area contributed by atoms with Crippen molar-refractivity contribution >= 4 is 5.91 Å². The number of aryl methyl sites for hydroxylation is 1. The maximum Gasteiger partial charge on any atom is 0.255 e. The number of para-hydroxylation sites is 1. The first-order chi connectivity index (χ1) is 5.70. The zero-order valence-electron chi connectivity index (χ0n) is 6.91. The minimum Gasteiger partial charge on any atom is -0.484 e. The Morgan fingerprint density at radius 1 is 1.50 bits per heavy atom. The van der Waals surface area contributed by atoms with Crippen LogP contribution in [0.2, 0.25) is 0 Å². The van der Waals surface area contributed by atoms with E-state index in [0.717, 1.165) is 5.56 Å². The van der Waals surface area contributed by atoms with E-state index in [0.29, 0.717) is 5.75 Å². The number of ether oxygens (including phenoxy) is 1. The van der Waals surface area contributed by atoms with Crippen molar-refractivity contribution in [3.63, 3.8) is 0 Å². The van der Waals surface area contributed by atoms with Gasteiger partial charge in [-0.25, -0.2) is 0 Å². The number of carbonyl (C=O) groups excluding carboxylic acids is 1. The van der Waals surface area contributed by atoms with Gasteiger partial charge in [0.25, 0.3) is 5.91 Å². The van der Waals surface area contributed by atoms with Gasteiger partial charge in [-0.3, -0.25) is 4.79 Å². The Hall–Kier alpha value is -1.51. The van der Waals surface area contributed by atoms with Gasteiger partial charge in [-0.15, -0.1) is 0 Å². The smallest absolute Gasteiger partial charge is 0.255 e. The van der Waals surface area contributed by atoms with E-state index < -0.39 is 5.91 Å². The predicted octanol–water partition coefficient (Wildman–Crippen LogP) is 0.859. The molecule has 1 amide bonds. The van der Waals surface area contributed by atoms with Crippen LogP contribution in [0.1, 0.15) is 5.56 Å². The van der Waals surface area contributed by atoms with Crippen molar-refractivity contribution in [1.29, 1.82) is 0 Å². The molecule has 0 aliphatic heterocycles. The minimum absolute atomic E-state index is 0.0646. The molecule has 0 radical (unpaired) electrons. The summed E-state index contributed by atoms with van der Waals surface area (Å²) in [5.41, 5.74) is 5.93. The van der Waals surface area contributed by atoms with Crippen LogP contribution in [0.25, 0.3) is 0 Å². The molecule has 2 N–H and O–H groups in total. The first kappa shape index (κ1) is 8.59. The fourth-order valence-corrected chi connectivity index (χ4v) is 0.867. The van der Waals surface area contributed by atoms with E-state index in [9.17, 15) is 4.79 Å². The number of nitrogens with two attached hydrogens (primary N) is 1. The fraction of sp³-hybridized carbons (Fsp3) is 0.222. The Balaban J connectivity index is 2.63. The second-order valence-electron chi connectivity index (χ2n) is 2.52. The van der Waals surface area contributed by atoms with E-state index in [1.807, 2.05) is 25.1 Å². The third-order valence-electron chi connectivity index (χ3n) is 1.46. The Bertz CT molecular complexity index is 284. The molecule has 1 aromatic rings. The lowest BCUT2D eigenvalue weighted by Gasteiger charge is -2.05. The standard InChI is InChI=1S/C9H11NO2/c1-7-4-2-3-5-8(7)12-6-9(10)11/h2-5H,6H2,1H3,(H2,10,11). The molecular formula is C9H11NO2. The summed E-state index contributed by atoms with van der Waals surface area (Å²) in [7, 11) is 0. The lowest BCUT2D eigenvalue weighted by atomic mass is 10.2. The van der Waals surface area contributed by atoms with Gasteiger partial charge in [0.1, 0.15) is 5.75 Å². The lowest BCUT2D eigenvalue weighted by molar-refractivity contribution is -0.119. The molecule has 0 fully saturated rings. The topological polar surface area (TPSA) is 52.3 Å². The number of hydrogen-bond donors (Lipinski definition) is 1. The molecule has 0 bridgehead atoms. The summed E-state index contributed by atoms with van der Waals surface area (Å²) < 4.78 is 5.12. The zero-order chi connectivity index (χ0) is 8.97. The third kappa shape index (κ3) is 2.27. The summed E-state index contributed by atoms with van der Waals surface area (Å²) in [6, 6.07) is 7.48. The molecule has 0 saturated carbocycles. The number of rotatable bonds is 3. The van der Waals surface area contributed by atoms with E-state index in [4.69, 9.17) is 10.5 Å². The van der Waals surface area contributed by atoms with E-state index in [-0.39, 0.29) is 6.61 Å². The SMILES string of the molecule is Cc1ccccc1OCC(N)=O. The monoisotopic (exact) mass is 165 g/mol. The molecule has 3 heteroatoms. The Morgan fingerprint density at radius 3 is 2.75 bits per heavy atom. The quantitative estimate of drug-likeness (QED) is 0.722. The van der Waals surface area contributed by atoms with E-state index >= 15 is 0 Å². The maximum absolute atomic E-state index is 10.4. The van der Waals surface area contributed by atoms with Crippen molar-refractivity contribution in [2.45, 2.75) is 6.92 Å². The molecule has 0 heterocycles. The highest BCUT2D eigenvalue weighted by atomic mass is 16.5. The van der Waals surface area contributed by atoms with Crippen molar-refractivity contribution < 1.29 is 9.53 Å². The van der Waals surface area contributed by atoms with E-state index in [1.165, 1.54) is 0 Å². The van der Waals surface area contributed by atoms with Crippen LogP contribution < -0.4 is 10.5 Å². The molecule has 0 aromatic heterocycles. The lowest BCUT2D eigenvalue weighted by Crippen LogP contribution is -2.20. The highest BCUT2D eigenvalue weighted by Crippen LogP contribution is 2.15. The summed E-state index contributed by atoms with van der Waals surface area (Å²) >= 11 is 0. The average Bonchev–Trinajstić information content (AvgIpc) is 2.03. The van der Waals surface area contributed by atoms with Gasteiger partial charge in [-0.2, -0.15) is 0 Å². The van der Waals surface area contributed by atoms with Gasteiger partial charge in [0, 0.05) is 0 Å². The van der Waals surface area contributed by atoms with Gasteiger partial charge in [0.2, 0.25) is 0 Å². The van der Waals surface area contributed by atoms with Crippen molar-refractivity contribution in [2.75, 3.05) is 6.61 Å². The van der Waals surface area contributed by atoms with Gasteiger partial charge in [0.05, 0.1) is 0 Å². The van der Waals surface area contributed by atoms with E-state index in [2.05, 4.69) is 0 Å². The summed E-state index contributed by atoms with van der Waals surface area (Å²) in [5.74, 6) is 0.245. The van der Waals surface area contributed by atoms with Gasteiger partial charge in [-0.05, 0) is 18.6 Å². The molecule has 0 aliphatic rings. The number of primary amides is 1. The molecule has 1 aromatic carbocycles. The van der Waals surface area contributed by atoms with Gasteiger partial charge < -0.3 is 10.5 Å². The van der Waals surface area contributed by atoms with Gasteiger partial charge >= 0.3 is 0 Å². The minimum atomic E-state index is -0.460. The Morgan fingerprint density at radius 2 is 2.17 bits per heavy atom. The van der Waals surface area contributed by atoms with Crippen LogP contribution in [-0.2, 0) is 4.79 Å². The predicted molar refractivity (Wildman–Crippen MR) is 45.9 cm³/mol. The average molecular weight is 165 g/mol. The van der Waals surface area contributed by atoms with Crippen LogP contribution in [0.4, 0.5) is 0 Å². The van der Waals surface area contributed by atoms with E-state index in [1.54, 1.807) is 6.07 Å². The second-order valence-corrected chi connectivity index (χ2v) is 2.52. The largest absolute Gasteiger partial charge is 0.484 e. The number of amides is 1. The van der Waals surface area contributed by atoms with Crippen molar-refractivity contribution in [3.8, 4) is 5.75 Å². The Kier molecular flexibility index (Phi) is 2.69. The van der Waals surface area contributed by atoms with Crippen LogP contribution in [0.15, 0.2) is 24.3 Å². The van der Waals surface area contributed by atoms with Crippen LogP contribution in [-0.4, -0.2) is 12.5 Å². The molecule has 64 valence electrons. The highest BCUT2D eigenvalue weighted by molar-refractivity contribution is 5.75. The zero-order valence-corrected chi connectivity index (χ0v) is 6.91. The summed E-state index contributed by atoms with van der Waals surface area (Å²) in [4.78, 5) is 10.4. The number of hydrogen-bond acceptors (Lipinski definition) is 2. The first-order valence-electron chi connectivity index (χ1n) is 3.67.